The Morgan fingerprint density at radius 1 is 1.12 bits per heavy atom. The summed E-state index contributed by atoms with van der Waals surface area (Å²) in [5.74, 6) is 0.805. The van der Waals surface area contributed by atoms with Crippen LogP contribution in [0.5, 0.6) is 5.75 Å². The van der Waals surface area contributed by atoms with Crippen molar-refractivity contribution in [1.82, 2.24) is 10.2 Å². The third-order valence-corrected chi connectivity index (χ3v) is 4.59. The average molecular weight is 350 g/mol. The lowest BCUT2D eigenvalue weighted by Crippen LogP contribution is -2.35. The number of nitrogens with one attached hydrogen (secondary N) is 1. The van der Waals surface area contributed by atoms with Crippen LogP contribution in [0, 0.1) is 0 Å². The molecule has 0 saturated carbocycles. The number of benzene rings is 2. The quantitative estimate of drug-likeness (QED) is 0.811. The minimum absolute atomic E-state index is 0.0968. The summed E-state index contributed by atoms with van der Waals surface area (Å²) < 4.78 is 6.05. The van der Waals surface area contributed by atoms with Gasteiger partial charge in [0.2, 0.25) is 5.91 Å². The minimum atomic E-state index is -0.0968. The maximum absolute atomic E-state index is 11.9. The maximum atomic E-state index is 11.9. The average Bonchev–Trinajstić information content (AvgIpc) is 2.68. The van der Waals surface area contributed by atoms with Crippen LogP contribution in [-0.2, 0) is 11.3 Å². The fourth-order valence-electron chi connectivity index (χ4n) is 2.97. The molecule has 136 valence electrons. The zero-order chi connectivity index (χ0) is 18.2. The number of amides is 1. The molecule has 0 bridgehead atoms. The van der Waals surface area contributed by atoms with E-state index in [2.05, 4.69) is 17.3 Å². The molecule has 2 aromatic carbocycles. The topological polar surface area (TPSA) is 41.6 Å². The molecule has 4 heteroatoms. The molecular weight excluding hydrogens is 324 g/mol. The predicted octanol–water partition coefficient (Wildman–Crippen LogP) is 3.49. The van der Waals surface area contributed by atoms with Crippen LogP contribution in [-0.4, -0.2) is 37.0 Å². The van der Waals surface area contributed by atoms with Crippen molar-refractivity contribution in [2.75, 3.05) is 20.1 Å². The highest BCUT2D eigenvalue weighted by Gasteiger charge is 2.17. The monoisotopic (exact) mass is 350 g/mol. The number of carbonyl (C=O) groups excluding carboxylic acids is 1. The third-order valence-electron chi connectivity index (χ3n) is 4.59. The molecule has 1 heterocycles. The Kier molecular flexibility index (Phi) is 6.45. The lowest BCUT2D eigenvalue weighted by atomic mass is 10.1. The second-order valence-electron chi connectivity index (χ2n) is 6.73. The van der Waals surface area contributed by atoms with Gasteiger partial charge >= 0.3 is 0 Å². The van der Waals surface area contributed by atoms with E-state index < -0.39 is 0 Å². The van der Waals surface area contributed by atoms with E-state index in [0.717, 1.165) is 42.8 Å². The van der Waals surface area contributed by atoms with Gasteiger partial charge in [0, 0.05) is 25.7 Å². The molecular formula is C22H26N2O2. The first kappa shape index (κ1) is 18.2. The number of hydrogen-bond donors (Lipinski definition) is 1. The Labute approximate surface area is 155 Å². The summed E-state index contributed by atoms with van der Waals surface area (Å²) in [7, 11) is 2.15. The van der Waals surface area contributed by atoms with Gasteiger partial charge in [0.25, 0.3) is 0 Å². The van der Waals surface area contributed by atoms with E-state index in [9.17, 15) is 4.79 Å². The number of hydrogen-bond acceptors (Lipinski definition) is 3. The van der Waals surface area contributed by atoms with E-state index in [0.29, 0.717) is 12.6 Å². The highest BCUT2D eigenvalue weighted by atomic mass is 16.5. The van der Waals surface area contributed by atoms with Crippen molar-refractivity contribution in [3.8, 4) is 5.75 Å². The second kappa shape index (κ2) is 9.20. The van der Waals surface area contributed by atoms with Gasteiger partial charge in [0.05, 0.1) is 0 Å². The molecule has 0 aliphatic carbocycles. The highest BCUT2D eigenvalue weighted by Crippen LogP contribution is 2.19. The van der Waals surface area contributed by atoms with Gasteiger partial charge in [-0.15, -0.1) is 0 Å². The molecule has 2 aromatic rings. The standard InChI is InChI=1S/C22H26N2O2/c1-24-15-13-21(14-16-24)26-20-10-7-19(8-11-20)17-23-22(25)12-9-18-5-3-2-4-6-18/h2-12,21H,13-17H2,1H3,(H,23,25)/b12-9+. The zero-order valence-electron chi connectivity index (χ0n) is 15.2. The van der Waals surface area contributed by atoms with Gasteiger partial charge in [-0.1, -0.05) is 42.5 Å². The fraction of sp³-hybridized carbons (Fsp3) is 0.318. The first-order chi connectivity index (χ1) is 12.7. The number of carbonyl (C=O) groups is 1. The molecule has 1 fully saturated rings. The first-order valence-electron chi connectivity index (χ1n) is 9.14. The van der Waals surface area contributed by atoms with Gasteiger partial charge in [0.1, 0.15) is 11.9 Å². The van der Waals surface area contributed by atoms with E-state index in [1.165, 1.54) is 0 Å². The molecule has 0 aromatic heterocycles. The highest BCUT2D eigenvalue weighted by molar-refractivity contribution is 5.91. The molecule has 0 spiro atoms. The van der Waals surface area contributed by atoms with Crippen molar-refractivity contribution < 1.29 is 9.53 Å². The maximum Gasteiger partial charge on any atom is 0.244 e. The normalized spacial score (nSPS) is 15.9. The smallest absolute Gasteiger partial charge is 0.244 e. The molecule has 1 aliphatic heterocycles. The first-order valence-corrected chi connectivity index (χ1v) is 9.14. The van der Waals surface area contributed by atoms with Crippen LogP contribution in [0.4, 0.5) is 0 Å². The summed E-state index contributed by atoms with van der Waals surface area (Å²) in [5, 5.41) is 2.90. The fourth-order valence-corrected chi connectivity index (χ4v) is 2.97. The van der Waals surface area contributed by atoms with Crippen molar-refractivity contribution in [2.24, 2.45) is 0 Å². The Morgan fingerprint density at radius 2 is 1.81 bits per heavy atom. The van der Waals surface area contributed by atoms with E-state index in [4.69, 9.17) is 4.74 Å². The largest absolute Gasteiger partial charge is 0.490 e. The van der Waals surface area contributed by atoms with Gasteiger partial charge in [-0.3, -0.25) is 4.79 Å². The zero-order valence-corrected chi connectivity index (χ0v) is 15.2. The minimum Gasteiger partial charge on any atom is -0.490 e. The number of piperidine rings is 1. The number of nitrogens with zero attached hydrogens (tertiary/aromatic N) is 1. The lowest BCUT2D eigenvalue weighted by molar-refractivity contribution is -0.116. The van der Waals surface area contributed by atoms with Crippen LogP contribution in [0.1, 0.15) is 24.0 Å². The number of likely N-dealkylation sites (tertiary alicyclic amines) is 1. The Hall–Kier alpha value is -2.59. The van der Waals surface area contributed by atoms with Crippen LogP contribution >= 0.6 is 0 Å². The van der Waals surface area contributed by atoms with Crippen LogP contribution in [0.2, 0.25) is 0 Å². The molecule has 0 atom stereocenters. The van der Waals surface area contributed by atoms with Crippen molar-refractivity contribution in [2.45, 2.75) is 25.5 Å². The molecule has 3 rings (SSSR count). The summed E-state index contributed by atoms with van der Waals surface area (Å²) in [6.07, 6.45) is 5.82. The van der Waals surface area contributed by atoms with E-state index in [1.807, 2.05) is 60.7 Å². The van der Waals surface area contributed by atoms with Crippen LogP contribution < -0.4 is 10.1 Å². The van der Waals surface area contributed by atoms with Crippen molar-refractivity contribution >= 4 is 12.0 Å². The summed E-state index contributed by atoms with van der Waals surface area (Å²) in [6, 6.07) is 17.8. The van der Waals surface area contributed by atoms with Gasteiger partial charge in [-0.05, 0) is 49.2 Å². The number of rotatable bonds is 6. The summed E-state index contributed by atoms with van der Waals surface area (Å²) in [4.78, 5) is 14.3. The Balaban J connectivity index is 1.44. The Bertz CT molecular complexity index is 718. The molecule has 0 radical (unpaired) electrons. The van der Waals surface area contributed by atoms with Crippen LogP contribution in [0.25, 0.3) is 6.08 Å². The lowest BCUT2D eigenvalue weighted by Gasteiger charge is -2.29. The molecule has 0 unspecified atom stereocenters. The molecule has 4 nitrogen and oxygen atoms in total. The van der Waals surface area contributed by atoms with Gasteiger partial charge in [-0.2, -0.15) is 0 Å². The number of ether oxygens (including phenoxy) is 1. The van der Waals surface area contributed by atoms with Gasteiger partial charge in [-0.25, -0.2) is 0 Å². The predicted molar refractivity (Wildman–Crippen MR) is 105 cm³/mol. The summed E-state index contributed by atoms with van der Waals surface area (Å²) in [6.45, 7) is 2.68. The molecule has 1 N–H and O–H groups in total. The summed E-state index contributed by atoms with van der Waals surface area (Å²) >= 11 is 0. The van der Waals surface area contributed by atoms with Crippen molar-refractivity contribution in [3.63, 3.8) is 0 Å². The molecule has 1 aliphatic rings. The molecule has 1 saturated heterocycles. The van der Waals surface area contributed by atoms with Crippen molar-refractivity contribution in [1.29, 1.82) is 0 Å². The third kappa shape index (κ3) is 5.74. The van der Waals surface area contributed by atoms with Crippen molar-refractivity contribution in [3.05, 3.63) is 71.8 Å². The Morgan fingerprint density at radius 3 is 2.50 bits per heavy atom. The van der Waals surface area contributed by atoms with Gasteiger partial charge in [0.15, 0.2) is 0 Å². The summed E-state index contributed by atoms with van der Waals surface area (Å²) in [5.41, 5.74) is 2.07. The second-order valence-corrected chi connectivity index (χ2v) is 6.73. The molecule has 26 heavy (non-hydrogen) atoms. The van der Waals surface area contributed by atoms with E-state index in [1.54, 1.807) is 6.08 Å². The van der Waals surface area contributed by atoms with E-state index >= 15 is 0 Å². The molecule has 1 amide bonds. The van der Waals surface area contributed by atoms with Gasteiger partial charge < -0.3 is 15.0 Å². The van der Waals surface area contributed by atoms with Crippen LogP contribution in [0.3, 0.4) is 0 Å². The van der Waals surface area contributed by atoms with E-state index in [-0.39, 0.29) is 5.91 Å². The SMILES string of the molecule is CN1CCC(Oc2ccc(CNC(=O)/C=C/c3ccccc3)cc2)CC1. The van der Waals surface area contributed by atoms with Crippen LogP contribution in [0.15, 0.2) is 60.7 Å².